The Kier molecular flexibility index (Phi) is 5.97. The van der Waals surface area contributed by atoms with E-state index in [-0.39, 0.29) is 5.56 Å². The molecule has 0 unspecified atom stereocenters. The Labute approximate surface area is 186 Å². The molecule has 0 saturated heterocycles. The van der Waals surface area contributed by atoms with Crippen LogP contribution in [0.4, 0.5) is 0 Å². The highest BCUT2D eigenvalue weighted by Gasteiger charge is 2.08. The molecule has 3 aromatic carbocycles. The van der Waals surface area contributed by atoms with Gasteiger partial charge in [-0.25, -0.2) is 4.98 Å². The SMILES string of the molecule is Cc1nc2ccc(Br)cc2c(=O)n1N=Cc1ccccc1OCc1ccc(Cl)cc1. The highest BCUT2D eigenvalue weighted by Crippen LogP contribution is 2.19. The second kappa shape index (κ2) is 8.81. The van der Waals surface area contributed by atoms with Crippen LogP contribution >= 0.6 is 27.5 Å². The van der Waals surface area contributed by atoms with Crippen LogP contribution in [-0.2, 0) is 6.61 Å². The molecule has 0 saturated carbocycles. The Balaban J connectivity index is 1.63. The molecule has 30 heavy (non-hydrogen) atoms. The molecule has 1 heterocycles. The van der Waals surface area contributed by atoms with Gasteiger partial charge in [-0.15, -0.1) is 0 Å². The molecular formula is C23H17BrClN3O2. The summed E-state index contributed by atoms with van der Waals surface area (Å²) in [6.07, 6.45) is 1.61. The third-order valence-corrected chi connectivity index (χ3v) is 5.25. The van der Waals surface area contributed by atoms with Gasteiger partial charge in [0.1, 0.15) is 18.2 Å². The lowest BCUT2D eigenvalue weighted by molar-refractivity contribution is 0.306. The average molecular weight is 483 g/mol. The van der Waals surface area contributed by atoms with Crippen molar-refractivity contribution in [3.05, 3.63) is 104 Å². The van der Waals surface area contributed by atoms with Gasteiger partial charge in [0.2, 0.25) is 0 Å². The molecule has 0 amide bonds. The Morgan fingerprint density at radius 1 is 1.13 bits per heavy atom. The van der Waals surface area contributed by atoms with E-state index >= 15 is 0 Å². The topological polar surface area (TPSA) is 56.5 Å². The Bertz CT molecular complexity index is 1300. The van der Waals surface area contributed by atoms with E-state index in [4.69, 9.17) is 16.3 Å². The molecule has 7 heteroatoms. The number of hydrogen-bond acceptors (Lipinski definition) is 4. The minimum atomic E-state index is -0.227. The molecule has 1 aromatic heterocycles. The van der Waals surface area contributed by atoms with E-state index in [0.29, 0.717) is 34.1 Å². The van der Waals surface area contributed by atoms with E-state index in [1.807, 2.05) is 60.7 Å². The smallest absolute Gasteiger partial charge is 0.282 e. The normalized spacial score (nSPS) is 11.3. The first kappa shape index (κ1) is 20.3. The van der Waals surface area contributed by atoms with Crippen molar-refractivity contribution in [2.75, 3.05) is 0 Å². The van der Waals surface area contributed by atoms with Crippen LogP contribution in [-0.4, -0.2) is 15.9 Å². The molecule has 4 aromatic rings. The van der Waals surface area contributed by atoms with Gasteiger partial charge >= 0.3 is 0 Å². The van der Waals surface area contributed by atoms with Gasteiger partial charge in [0, 0.05) is 15.1 Å². The molecule has 0 atom stereocenters. The molecule has 0 radical (unpaired) electrons. The van der Waals surface area contributed by atoms with Gasteiger partial charge in [-0.1, -0.05) is 51.8 Å². The molecule has 4 rings (SSSR count). The molecule has 0 bridgehead atoms. The van der Waals surface area contributed by atoms with Gasteiger partial charge in [0.05, 0.1) is 17.1 Å². The van der Waals surface area contributed by atoms with Gasteiger partial charge in [-0.05, 0) is 55.0 Å². The molecular weight excluding hydrogens is 466 g/mol. The molecule has 0 N–H and O–H groups in total. The summed E-state index contributed by atoms with van der Waals surface area (Å²) in [5, 5.41) is 5.57. The summed E-state index contributed by atoms with van der Waals surface area (Å²) in [7, 11) is 0. The van der Waals surface area contributed by atoms with Crippen LogP contribution in [0.2, 0.25) is 5.02 Å². The summed E-state index contributed by atoms with van der Waals surface area (Å²) in [5.74, 6) is 1.17. The summed E-state index contributed by atoms with van der Waals surface area (Å²) in [6, 6.07) is 20.4. The number of benzene rings is 3. The fourth-order valence-corrected chi connectivity index (χ4v) is 3.46. The molecule has 150 valence electrons. The number of fused-ring (bicyclic) bond motifs is 1. The first-order chi connectivity index (χ1) is 14.5. The second-order valence-electron chi connectivity index (χ2n) is 6.63. The zero-order valence-electron chi connectivity index (χ0n) is 16.0. The minimum Gasteiger partial charge on any atom is -0.488 e. The van der Waals surface area contributed by atoms with E-state index < -0.39 is 0 Å². The number of hydrogen-bond donors (Lipinski definition) is 0. The van der Waals surface area contributed by atoms with Crippen molar-refractivity contribution in [2.45, 2.75) is 13.5 Å². The van der Waals surface area contributed by atoms with Gasteiger partial charge in [-0.2, -0.15) is 9.78 Å². The van der Waals surface area contributed by atoms with Crippen molar-refractivity contribution >= 4 is 44.6 Å². The first-order valence-corrected chi connectivity index (χ1v) is 10.4. The van der Waals surface area contributed by atoms with Crippen LogP contribution in [0, 0.1) is 6.92 Å². The maximum Gasteiger partial charge on any atom is 0.282 e. The number of aromatic nitrogens is 2. The van der Waals surface area contributed by atoms with Crippen molar-refractivity contribution in [2.24, 2.45) is 5.10 Å². The molecule has 5 nitrogen and oxygen atoms in total. The Morgan fingerprint density at radius 2 is 1.90 bits per heavy atom. The van der Waals surface area contributed by atoms with E-state index in [1.54, 1.807) is 19.2 Å². The highest BCUT2D eigenvalue weighted by atomic mass is 79.9. The molecule has 0 aliphatic heterocycles. The van der Waals surface area contributed by atoms with Crippen LogP contribution < -0.4 is 10.3 Å². The number of nitrogens with zero attached hydrogens (tertiary/aromatic N) is 3. The van der Waals surface area contributed by atoms with E-state index in [0.717, 1.165) is 15.6 Å². The van der Waals surface area contributed by atoms with Crippen molar-refractivity contribution in [1.82, 2.24) is 9.66 Å². The fraction of sp³-hybridized carbons (Fsp3) is 0.0870. The lowest BCUT2D eigenvalue weighted by Gasteiger charge is -2.10. The van der Waals surface area contributed by atoms with Gasteiger partial charge < -0.3 is 4.74 Å². The number of para-hydroxylation sites is 1. The van der Waals surface area contributed by atoms with Crippen LogP contribution in [0.15, 0.2) is 81.1 Å². The summed E-state index contributed by atoms with van der Waals surface area (Å²) in [5.41, 5.74) is 2.17. The number of halogens is 2. The van der Waals surface area contributed by atoms with Crippen molar-refractivity contribution in [3.63, 3.8) is 0 Å². The Hall–Kier alpha value is -2.96. The average Bonchev–Trinajstić information content (AvgIpc) is 2.74. The zero-order chi connectivity index (χ0) is 21.1. The summed E-state index contributed by atoms with van der Waals surface area (Å²) >= 11 is 9.33. The second-order valence-corrected chi connectivity index (χ2v) is 7.99. The largest absolute Gasteiger partial charge is 0.488 e. The van der Waals surface area contributed by atoms with Crippen LogP contribution in [0.25, 0.3) is 10.9 Å². The monoisotopic (exact) mass is 481 g/mol. The van der Waals surface area contributed by atoms with Crippen LogP contribution in [0.3, 0.4) is 0 Å². The van der Waals surface area contributed by atoms with E-state index in [9.17, 15) is 4.79 Å². The standard InChI is InChI=1S/C23H17BrClN3O2/c1-15-27-21-11-8-18(24)12-20(21)23(29)28(15)26-13-17-4-2-3-5-22(17)30-14-16-6-9-19(25)10-7-16/h2-13H,14H2,1H3. The molecule has 0 fully saturated rings. The van der Waals surface area contributed by atoms with Crippen LogP contribution in [0.5, 0.6) is 5.75 Å². The van der Waals surface area contributed by atoms with Gasteiger partial charge in [0.15, 0.2) is 0 Å². The lowest BCUT2D eigenvalue weighted by atomic mass is 10.2. The minimum absolute atomic E-state index is 0.227. The highest BCUT2D eigenvalue weighted by molar-refractivity contribution is 9.10. The number of aryl methyl sites for hydroxylation is 1. The predicted molar refractivity (Wildman–Crippen MR) is 124 cm³/mol. The van der Waals surface area contributed by atoms with Gasteiger partial charge in [-0.3, -0.25) is 4.79 Å². The third kappa shape index (κ3) is 4.45. The molecule has 0 aliphatic rings. The predicted octanol–water partition coefficient (Wildman–Crippen LogP) is 5.58. The van der Waals surface area contributed by atoms with Crippen molar-refractivity contribution in [3.8, 4) is 5.75 Å². The first-order valence-electron chi connectivity index (χ1n) is 9.21. The van der Waals surface area contributed by atoms with Gasteiger partial charge in [0.25, 0.3) is 5.56 Å². The van der Waals surface area contributed by atoms with Crippen molar-refractivity contribution < 1.29 is 4.74 Å². The maximum atomic E-state index is 12.9. The summed E-state index contributed by atoms with van der Waals surface area (Å²) in [6.45, 7) is 2.15. The number of rotatable bonds is 5. The van der Waals surface area contributed by atoms with Crippen LogP contribution in [0.1, 0.15) is 17.0 Å². The molecule has 0 spiro atoms. The summed E-state index contributed by atoms with van der Waals surface area (Å²) < 4.78 is 8.06. The quantitative estimate of drug-likeness (QED) is 0.349. The number of ether oxygens (including phenoxy) is 1. The lowest BCUT2D eigenvalue weighted by Crippen LogP contribution is -2.20. The fourth-order valence-electron chi connectivity index (χ4n) is 2.98. The van der Waals surface area contributed by atoms with E-state index in [2.05, 4.69) is 26.0 Å². The molecule has 0 aliphatic carbocycles. The van der Waals surface area contributed by atoms with E-state index in [1.165, 1.54) is 4.68 Å². The maximum absolute atomic E-state index is 12.9. The third-order valence-electron chi connectivity index (χ3n) is 4.51. The zero-order valence-corrected chi connectivity index (χ0v) is 18.4. The summed E-state index contributed by atoms with van der Waals surface area (Å²) in [4.78, 5) is 17.4. The van der Waals surface area contributed by atoms with Crippen molar-refractivity contribution in [1.29, 1.82) is 0 Å². The Morgan fingerprint density at radius 3 is 2.70 bits per heavy atom.